The fourth-order valence-electron chi connectivity index (χ4n) is 4.08. The zero-order valence-corrected chi connectivity index (χ0v) is 12.5. The largest absolute Gasteiger partial charge is 0.356 e. The first kappa shape index (κ1) is 13.6. The lowest BCUT2D eigenvalue weighted by Gasteiger charge is -2.48. The fourth-order valence-corrected chi connectivity index (χ4v) is 4.08. The molecule has 0 radical (unpaired) electrons. The van der Waals surface area contributed by atoms with Crippen LogP contribution in [0.3, 0.4) is 0 Å². The monoisotopic (exact) mass is 272 g/mol. The molecule has 2 fully saturated rings. The number of hydrogen-bond donors (Lipinski definition) is 1. The van der Waals surface area contributed by atoms with Gasteiger partial charge in [-0.1, -0.05) is 30.3 Å². The Labute approximate surface area is 121 Å². The van der Waals surface area contributed by atoms with Crippen molar-refractivity contribution in [3.05, 3.63) is 35.9 Å². The molecule has 0 unspecified atom stereocenters. The first-order valence-electron chi connectivity index (χ1n) is 7.60. The molecule has 1 amide bonds. The third kappa shape index (κ3) is 1.96. The molecule has 3 heteroatoms. The lowest BCUT2D eigenvalue weighted by Crippen LogP contribution is -2.48. The summed E-state index contributed by atoms with van der Waals surface area (Å²) in [5.41, 5.74) is 1.40. The molecule has 108 valence electrons. The summed E-state index contributed by atoms with van der Waals surface area (Å²) in [4.78, 5) is 14.5. The summed E-state index contributed by atoms with van der Waals surface area (Å²) in [6, 6.07) is 10.8. The van der Waals surface area contributed by atoms with Crippen molar-refractivity contribution in [1.82, 2.24) is 10.2 Å². The Bertz CT molecular complexity index is 487. The summed E-state index contributed by atoms with van der Waals surface area (Å²) >= 11 is 0. The number of carbonyl (C=O) groups is 1. The summed E-state index contributed by atoms with van der Waals surface area (Å²) in [7, 11) is 4.33. The van der Waals surface area contributed by atoms with E-state index in [4.69, 9.17) is 0 Å². The van der Waals surface area contributed by atoms with E-state index >= 15 is 0 Å². The Balaban J connectivity index is 1.87. The van der Waals surface area contributed by atoms with Crippen LogP contribution in [0.1, 0.15) is 37.7 Å². The number of rotatable bonds is 2. The highest BCUT2D eigenvalue weighted by molar-refractivity contribution is 5.84. The minimum absolute atomic E-state index is 0.0751. The van der Waals surface area contributed by atoms with E-state index in [0.717, 1.165) is 38.6 Å². The van der Waals surface area contributed by atoms with Crippen LogP contribution in [0.2, 0.25) is 0 Å². The normalized spacial score (nSPS) is 33.6. The molecular weight excluding hydrogens is 248 g/mol. The standard InChI is InChI=1S/C17H24N2O/c1-19(2)17(14-6-4-3-5-7-14)10-8-16(9-11-17)12-13-18-15(16)20/h3-7H,8-13H2,1-2H3,(H,18,20)/t16-,17-. The molecule has 1 saturated carbocycles. The highest BCUT2D eigenvalue weighted by atomic mass is 16.2. The average molecular weight is 272 g/mol. The van der Waals surface area contributed by atoms with E-state index in [1.807, 2.05) is 0 Å². The minimum Gasteiger partial charge on any atom is -0.356 e. The second-order valence-electron chi connectivity index (χ2n) is 6.58. The van der Waals surface area contributed by atoms with Gasteiger partial charge in [-0.15, -0.1) is 0 Å². The highest BCUT2D eigenvalue weighted by Gasteiger charge is 2.50. The van der Waals surface area contributed by atoms with E-state index in [2.05, 4.69) is 54.6 Å². The van der Waals surface area contributed by atoms with Crippen molar-refractivity contribution in [2.75, 3.05) is 20.6 Å². The van der Waals surface area contributed by atoms with E-state index in [0.29, 0.717) is 0 Å². The molecule has 1 saturated heterocycles. The summed E-state index contributed by atoms with van der Waals surface area (Å²) in [5, 5.41) is 3.02. The fraction of sp³-hybridized carbons (Fsp3) is 0.588. The van der Waals surface area contributed by atoms with E-state index < -0.39 is 0 Å². The van der Waals surface area contributed by atoms with Crippen molar-refractivity contribution in [2.24, 2.45) is 5.41 Å². The molecule has 1 N–H and O–H groups in total. The minimum atomic E-state index is -0.0751. The van der Waals surface area contributed by atoms with Gasteiger partial charge in [-0.05, 0) is 51.8 Å². The first-order valence-corrected chi connectivity index (χ1v) is 7.60. The van der Waals surface area contributed by atoms with E-state index in [1.54, 1.807) is 0 Å². The van der Waals surface area contributed by atoms with Crippen molar-refractivity contribution in [3.8, 4) is 0 Å². The Kier molecular flexibility index (Phi) is 3.33. The lowest BCUT2D eigenvalue weighted by atomic mass is 9.64. The molecule has 20 heavy (non-hydrogen) atoms. The van der Waals surface area contributed by atoms with Gasteiger partial charge in [0.25, 0.3) is 0 Å². The molecule has 1 aliphatic carbocycles. The second-order valence-corrected chi connectivity index (χ2v) is 6.58. The molecule has 2 aliphatic rings. The maximum Gasteiger partial charge on any atom is 0.226 e. The van der Waals surface area contributed by atoms with Crippen molar-refractivity contribution in [1.29, 1.82) is 0 Å². The maximum atomic E-state index is 12.1. The third-order valence-electron chi connectivity index (χ3n) is 5.57. The van der Waals surface area contributed by atoms with Gasteiger partial charge >= 0.3 is 0 Å². The summed E-state index contributed by atoms with van der Waals surface area (Å²) in [5.74, 6) is 0.290. The Morgan fingerprint density at radius 2 is 1.65 bits per heavy atom. The lowest BCUT2D eigenvalue weighted by molar-refractivity contribution is -0.131. The van der Waals surface area contributed by atoms with Crippen LogP contribution in [0.15, 0.2) is 30.3 Å². The van der Waals surface area contributed by atoms with Crippen LogP contribution in [-0.2, 0) is 10.3 Å². The zero-order chi connectivity index (χ0) is 14.2. The van der Waals surface area contributed by atoms with E-state index in [9.17, 15) is 4.79 Å². The number of benzene rings is 1. The van der Waals surface area contributed by atoms with Crippen LogP contribution in [0.5, 0.6) is 0 Å². The number of amides is 1. The van der Waals surface area contributed by atoms with E-state index in [1.165, 1.54) is 5.56 Å². The van der Waals surface area contributed by atoms with Crippen LogP contribution in [0.4, 0.5) is 0 Å². The Hall–Kier alpha value is -1.35. The van der Waals surface area contributed by atoms with Crippen LogP contribution in [0.25, 0.3) is 0 Å². The van der Waals surface area contributed by atoms with Gasteiger partial charge in [-0.3, -0.25) is 9.69 Å². The van der Waals surface area contributed by atoms with Crippen molar-refractivity contribution >= 4 is 5.91 Å². The van der Waals surface area contributed by atoms with Crippen molar-refractivity contribution in [2.45, 2.75) is 37.6 Å². The predicted octanol–water partition coefficient (Wildman–Crippen LogP) is 2.52. The maximum absolute atomic E-state index is 12.1. The number of carbonyl (C=O) groups excluding carboxylic acids is 1. The van der Waals surface area contributed by atoms with Gasteiger partial charge in [0.15, 0.2) is 0 Å². The molecule has 0 aromatic heterocycles. The predicted molar refractivity (Wildman–Crippen MR) is 80.3 cm³/mol. The first-order chi connectivity index (χ1) is 9.59. The van der Waals surface area contributed by atoms with Gasteiger partial charge in [-0.25, -0.2) is 0 Å². The molecular formula is C17H24N2O. The summed E-state index contributed by atoms with van der Waals surface area (Å²) < 4.78 is 0. The van der Waals surface area contributed by atoms with Crippen LogP contribution < -0.4 is 5.32 Å². The van der Waals surface area contributed by atoms with Gasteiger partial charge in [0.05, 0.1) is 5.41 Å². The quantitative estimate of drug-likeness (QED) is 0.897. The molecule has 1 aromatic carbocycles. The van der Waals surface area contributed by atoms with Crippen LogP contribution >= 0.6 is 0 Å². The molecule has 0 bridgehead atoms. The highest BCUT2D eigenvalue weighted by Crippen LogP contribution is 2.50. The van der Waals surface area contributed by atoms with Gasteiger partial charge in [0.1, 0.15) is 0 Å². The number of hydrogen-bond acceptors (Lipinski definition) is 2. The van der Waals surface area contributed by atoms with Crippen molar-refractivity contribution < 1.29 is 4.79 Å². The van der Waals surface area contributed by atoms with Crippen LogP contribution in [0, 0.1) is 5.41 Å². The molecule has 3 nitrogen and oxygen atoms in total. The third-order valence-corrected chi connectivity index (χ3v) is 5.57. The van der Waals surface area contributed by atoms with Gasteiger partial charge < -0.3 is 5.32 Å². The summed E-state index contributed by atoms with van der Waals surface area (Å²) in [6.07, 6.45) is 5.16. The smallest absolute Gasteiger partial charge is 0.226 e. The molecule has 1 aliphatic heterocycles. The Morgan fingerprint density at radius 1 is 1.00 bits per heavy atom. The molecule has 1 spiro atoms. The van der Waals surface area contributed by atoms with E-state index in [-0.39, 0.29) is 16.9 Å². The Morgan fingerprint density at radius 3 is 2.15 bits per heavy atom. The molecule has 0 atom stereocenters. The van der Waals surface area contributed by atoms with Crippen molar-refractivity contribution in [3.63, 3.8) is 0 Å². The second kappa shape index (κ2) is 4.88. The molecule has 3 rings (SSSR count). The molecule has 1 heterocycles. The molecule has 1 aromatic rings. The number of nitrogens with one attached hydrogen (secondary N) is 1. The SMILES string of the molecule is CN(C)[C@]1(c2ccccc2)CC[C@]2(CCNC2=O)CC1. The summed E-state index contributed by atoms with van der Waals surface area (Å²) in [6.45, 7) is 0.860. The average Bonchev–Trinajstić information content (AvgIpc) is 2.82. The van der Waals surface area contributed by atoms with Gasteiger partial charge in [-0.2, -0.15) is 0 Å². The topological polar surface area (TPSA) is 32.3 Å². The van der Waals surface area contributed by atoms with Gasteiger partial charge in [0, 0.05) is 12.1 Å². The number of nitrogens with zero attached hydrogens (tertiary/aromatic N) is 1. The zero-order valence-electron chi connectivity index (χ0n) is 12.5. The van der Waals surface area contributed by atoms with Crippen LogP contribution in [-0.4, -0.2) is 31.4 Å². The van der Waals surface area contributed by atoms with Gasteiger partial charge in [0.2, 0.25) is 5.91 Å².